The molecule has 1 aliphatic rings. The first kappa shape index (κ1) is 9.01. The third-order valence-electron chi connectivity index (χ3n) is 1.96. The van der Waals surface area contributed by atoms with Crippen molar-refractivity contribution in [2.75, 3.05) is 18.5 Å². The summed E-state index contributed by atoms with van der Waals surface area (Å²) in [6, 6.07) is 0.362. The Hall–Kier alpha value is -1.56. The van der Waals surface area contributed by atoms with Crippen molar-refractivity contribution in [3.63, 3.8) is 0 Å². The summed E-state index contributed by atoms with van der Waals surface area (Å²) >= 11 is 0. The highest BCUT2D eigenvalue weighted by Crippen LogP contribution is 2.11. The molecule has 1 aromatic rings. The second-order valence-electron chi connectivity index (χ2n) is 3.27. The lowest BCUT2D eigenvalue weighted by atomic mass is 10.2. The van der Waals surface area contributed by atoms with Crippen LogP contribution in [0.1, 0.15) is 0 Å². The highest BCUT2D eigenvalue weighted by Gasteiger charge is 2.18. The van der Waals surface area contributed by atoms with Gasteiger partial charge in [-0.3, -0.25) is 9.48 Å². The van der Waals surface area contributed by atoms with Crippen molar-refractivity contribution in [1.82, 2.24) is 9.78 Å². The summed E-state index contributed by atoms with van der Waals surface area (Å²) < 4.78 is 6.52. The van der Waals surface area contributed by atoms with Gasteiger partial charge in [0.15, 0.2) is 0 Å². The van der Waals surface area contributed by atoms with E-state index < -0.39 is 5.91 Å². The van der Waals surface area contributed by atoms with Crippen LogP contribution in [0.15, 0.2) is 12.4 Å². The third kappa shape index (κ3) is 2.02. The Kier molecular flexibility index (Phi) is 2.36. The Labute approximate surface area is 81.0 Å². The van der Waals surface area contributed by atoms with Crippen LogP contribution in [0.3, 0.4) is 0 Å². The summed E-state index contributed by atoms with van der Waals surface area (Å²) in [5.41, 5.74) is 5.92. The summed E-state index contributed by atoms with van der Waals surface area (Å²) in [7, 11) is 0. The van der Waals surface area contributed by atoms with Crippen molar-refractivity contribution in [3.05, 3.63) is 12.4 Å². The number of carbonyl (C=O) groups excluding carboxylic acids is 1. The maximum Gasteiger partial charge on any atom is 0.239 e. The van der Waals surface area contributed by atoms with Gasteiger partial charge in [0.1, 0.15) is 6.54 Å². The maximum absolute atomic E-state index is 10.6. The van der Waals surface area contributed by atoms with E-state index in [1.807, 2.05) is 0 Å². The molecule has 3 N–H and O–H groups in total. The first-order valence-electron chi connectivity index (χ1n) is 4.39. The Bertz CT molecular complexity index is 332. The minimum Gasteiger partial charge on any atom is -0.377 e. The normalized spacial score (nSPS) is 16.3. The highest BCUT2D eigenvalue weighted by atomic mass is 16.5. The zero-order valence-corrected chi connectivity index (χ0v) is 7.64. The van der Waals surface area contributed by atoms with Gasteiger partial charge < -0.3 is 15.8 Å². The van der Waals surface area contributed by atoms with Crippen LogP contribution in [0.25, 0.3) is 0 Å². The topological polar surface area (TPSA) is 82.2 Å². The van der Waals surface area contributed by atoms with Crippen LogP contribution in [0, 0.1) is 0 Å². The second kappa shape index (κ2) is 3.67. The fourth-order valence-electron chi connectivity index (χ4n) is 1.24. The number of hydrogen-bond acceptors (Lipinski definition) is 4. The first-order chi connectivity index (χ1) is 6.74. The molecule has 1 amide bonds. The fraction of sp³-hybridized carbons (Fsp3) is 0.500. The van der Waals surface area contributed by atoms with Crippen LogP contribution in [-0.4, -0.2) is 34.9 Å². The van der Waals surface area contributed by atoms with Gasteiger partial charge in [-0.25, -0.2) is 0 Å². The molecule has 1 saturated heterocycles. The summed E-state index contributed by atoms with van der Waals surface area (Å²) in [6.45, 7) is 1.56. The third-order valence-corrected chi connectivity index (χ3v) is 1.96. The molecule has 76 valence electrons. The van der Waals surface area contributed by atoms with E-state index in [1.54, 1.807) is 12.4 Å². The molecule has 2 heterocycles. The van der Waals surface area contributed by atoms with E-state index in [-0.39, 0.29) is 6.54 Å². The molecule has 6 heteroatoms. The number of aromatic nitrogens is 2. The predicted octanol–water partition coefficient (Wildman–Crippen LogP) is -0.821. The van der Waals surface area contributed by atoms with Crippen LogP contribution in [-0.2, 0) is 16.1 Å². The standard InChI is InChI=1S/C8H12N4O2/c9-8(13)3-12-2-6(1-10-12)11-7-4-14-5-7/h1-2,7,11H,3-5H2,(H2,9,13). The van der Waals surface area contributed by atoms with Crippen molar-refractivity contribution in [1.29, 1.82) is 0 Å². The molecule has 14 heavy (non-hydrogen) atoms. The Morgan fingerprint density at radius 1 is 1.79 bits per heavy atom. The van der Waals surface area contributed by atoms with E-state index >= 15 is 0 Å². The highest BCUT2D eigenvalue weighted by molar-refractivity contribution is 5.73. The maximum atomic E-state index is 10.6. The average molecular weight is 196 g/mol. The number of primary amides is 1. The van der Waals surface area contributed by atoms with Gasteiger partial charge in [0.05, 0.1) is 31.1 Å². The Morgan fingerprint density at radius 3 is 3.14 bits per heavy atom. The van der Waals surface area contributed by atoms with Gasteiger partial charge in [-0.15, -0.1) is 0 Å². The molecule has 6 nitrogen and oxygen atoms in total. The number of amides is 1. The molecule has 1 fully saturated rings. The molecule has 0 saturated carbocycles. The van der Waals surface area contributed by atoms with E-state index in [0.717, 1.165) is 18.9 Å². The van der Waals surface area contributed by atoms with Crippen molar-refractivity contribution in [2.24, 2.45) is 5.73 Å². The minimum atomic E-state index is -0.397. The van der Waals surface area contributed by atoms with Gasteiger partial charge >= 0.3 is 0 Å². The van der Waals surface area contributed by atoms with Crippen LogP contribution < -0.4 is 11.1 Å². The zero-order chi connectivity index (χ0) is 9.97. The molecule has 0 unspecified atom stereocenters. The van der Waals surface area contributed by atoms with Gasteiger partial charge in [-0.1, -0.05) is 0 Å². The van der Waals surface area contributed by atoms with E-state index in [4.69, 9.17) is 10.5 Å². The largest absolute Gasteiger partial charge is 0.377 e. The van der Waals surface area contributed by atoms with E-state index in [1.165, 1.54) is 4.68 Å². The van der Waals surface area contributed by atoms with Crippen LogP contribution in [0.2, 0.25) is 0 Å². The van der Waals surface area contributed by atoms with Crippen molar-refractivity contribution < 1.29 is 9.53 Å². The van der Waals surface area contributed by atoms with Crippen molar-refractivity contribution in [2.45, 2.75) is 12.6 Å². The molecule has 0 spiro atoms. The van der Waals surface area contributed by atoms with Gasteiger partial charge in [-0.05, 0) is 0 Å². The number of rotatable bonds is 4. The summed E-state index contributed by atoms with van der Waals surface area (Å²) in [4.78, 5) is 10.6. The lowest BCUT2D eigenvalue weighted by molar-refractivity contribution is -0.118. The van der Waals surface area contributed by atoms with Crippen LogP contribution in [0.4, 0.5) is 5.69 Å². The molecule has 0 atom stereocenters. The number of anilines is 1. The second-order valence-corrected chi connectivity index (χ2v) is 3.27. The summed E-state index contributed by atoms with van der Waals surface area (Å²) in [6.07, 6.45) is 3.42. The molecular formula is C8H12N4O2. The van der Waals surface area contributed by atoms with Crippen LogP contribution in [0.5, 0.6) is 0 Å². The number of ether oxygens (including phenoxy) is 1. The zero-order valence-electron chi connectivity index (χ0n) is 7.64. The first-order valence-corrected chi connectivity index (χ1v) is 4.39. The number of nitrogens with zero attached hydrogens (tertiary/aromatic N) is 2. The van der Waals surface area contributed by atoms with Gasteiger partial charge in [0.2, 0.25) is 5.91 Å². The van der Waals surface area contributed by atoms with Crippen LogP contribution >= 0.6 is 0 Å². The summed E-state index contributed by atoms with van der Waals surface area (Å²) in [5, 5.41) is 7.19. The average Bonchev–Trinajstić information content (AvgIpc) is 2.44. The molecular weight excluding hydrogens is 184 g/mol. The Morgan fingerprint density at radius 2 is 2.57 bits per heavy atom. The van der Waals surface area contributed by atoms with Crippen molar-refractivity contribution >= 4 is 11.6 Å². The predicted molar refractivity (Wildman–Crippen MR) is 49.7 cm³/mol. The molecule has 1 aromatic heterocycles. The molecule has 0 aromatic carbocycles. The van der Waals surface area contributed by atoms with Gasteiger partial charge in [-0.2, -0.15) is 5.10 Å². The number of nitrogens with two attached hydrogens (primary N) is 1. The van der Waals surface area contributed by atoms with Gasteiger partial charge in [0.25, 0.3) is 0 Å². The molecule has 2 rings (SSSR count). The smallest absolute Gasteiger partial charge is 0.239 e. The molecule has 0 bridgehead atoms. The quantitative estimate of drug-likeness (QED) is 0.659. The number of nitrogens with one attached hydrogen (secondary N) is 1. The van der Waals surface area contributed by atoms with E-state index in [2.05, 4.69) is 10.4 Å². The minimum absolute atomic E-state index is 0.114. The number of hydrogen-bond donors (Lipinski definition) is 2. The lowest BCUT2D eigenvalue weighted by Crippen LogP contribution is -2.40. The van der Waals surface area contributed by atoms with Crippen molar-refractivity contribution in [3.8, 4) is 0 Å². The molecule has 0 aliphatic carbocycles. The summed E-state index contributed by atoms with van der Waals surface area (Å²) in [5.74, 6) is -0.397. The van der Waals surface area contributed by atoms with E-state index in [9.17, 15) is 4.79 Å². The number of carbonyl (C=O) groups is 1. The van der Waals surface area contributed by atoms with Gasteiger partial charge in [0, 0.05) is 6.20 Å². The molecule has 0 radical (unpaired) electrons. The monoisotopic (exact) mass is 196 g/mol. The lowest BCUT2D eigenvalue weighted by Gasteiger charge is -2.26. The molecule has 1 aliphatic heterocycles. The fourth-order valence-corrected chi connectivity index (χ4v) is 1.24. The SMILES string of the molecule is NC(=O)Cn1cc(NC2COC2)cn1. The Balaban J connectivity index is 1.91. The van der Waals surface area contributed by atoms with E-state index in [0.29, 0.717) is 6.04 Å².